The van der Waals surface area contributed by atoms with Crippen LogP contribution >= 0.6 is 0 Å². The smallest absolute Gasteiger partial charge is 0.230 e. The summed E-state index contributed by atoms with van der Waals surface area (Å²) in [7, 11) is 0. The monoisotopic (exact) mass is 278 g/mol. The Hall–Kier alpha value is -1.33. The van der Waals surface area contributed by atoms with Crippen LogP contribution in [-0.4, -0.2) is 36.6 Å². The van der Waals surface area contributed by atoms with E-state index in [1.54, 1.807) is 6.26 Å². The van der Waals surface area contributed by atoms with Crippen LogP contribution in [0.25, 0.3) is 0 Å². The maximum absolute atomic E-state index is 13.0. The second-order valence-electron chi connectivity index (χ2n) is 5.84. The molecule has 3 rings (SSSR count). The molecule has 5 nitrogen and oxygen atoms in total. The van der Waals surface area contributed by atoms with Gasteiger partial charge in [0.25, 0.3) is 0 Å². The summed E-state index contributed by atoms with van der Waals surface area (Å²) in [6.45, 7) is 2.21. The molecule has 1 aromatic rings. The molecule has 110 valence electrons. The minimum Gasteiger partial charge on any atom is -0.467 e. The zero-order valence-corrected chi connectivity index (χ0v) is 11.7. The van der Waals surface area contributed by atoms with Crippen LogP contribution in [0.3, 0.4) is 0 Å². The SMILES string of the molecule is NCC1(C(=O)N(Cc2ccco2)C2CC2)CCOCC1. The molecule has 0 unspecified atom stereocenters. The molecule has 0 atom stereocenters. The molecule has 2 heterocycles. The second kappa shape index (κ2) is 5.58. The highest BCUT2D eigenvalue weighted by Crippen LogP contribution is 2.37. The molecule has 1 aromatic heterocycles. The number of ether oxygens (including phenoxy) is 1. The minimum absolute atomic E-state index is 0.183. The molecule has 1 aliphatic heterocycles. The first-order valence-corrected chi connectivity index (χ1v) is 7.36. The molecule has 2 N–H and O–H groups in total. The van der Waals surface area contributed by atoms with Crippen molar-refractivity contribution in [1.29, 1.82) is 0 Å². The molecule has 1 saturated carbocycles. The van der Waals surface area contributed by atoms with Crippen LogP contribution in [0.1, 0.15) is 31.4 Å². The van der Waals surface area contributed by atoms with Gasteiger partial charge in [0, 0.05) is 25.8 Å². The fraction of sp³-hybridized carbons (Fsp3) is 0.667. The molecular weight excluding hydrogens is 256 g/mol. The molecule has 20 heavy (non-hydrogen) atoms. The summed E-state index contributed by atoms with van der Waals surface area (Å²) in [4.78, 5) is 15.0. The van der Waals surface area contributed by atoms with Crippen LogP contribution in [-0.2, 0) is 16.1 Å². The predicted molar refractivity (Wildman–Crippen MR) is 73.8 cm³/mol. The largest absolute Gasteiger partial charge is 0.467 e. The molecule has 1 saturated heterocycles. The molecule has 0 spiro atoms. The number of hydrogen-bond donors (Lipinski definition) is 1. The molecular formula is C15H22N2O3. The van der Waals surface area contributed by atoms with E-state index >= 15 is 0 Å². The summed E-state index contributed by atoms with van der Waals surface area (Å²) >= 11 is 0. The highest BCUT2D eigenvalue weighted by Gasteiger charge is 2.45. The number of carbonyl (C=O) groups excluding carboxylic acids is 1. The Kier molecular flexibility index (Phi) is 3.81. The molecule has 2 fully saturated rings. The van der Waals surface area contributed by atoms with E-state index in [1.807, 2.05) is 17.0 Å². The Morgan fingerprint density at radius 3 is 2.70 bits per heavy atom. The Morgan fingerprint density at radius 1 is 1.40 bits per heavy atom. The van der Waals surface area contributed by atoms with Gasteiger partial charge in [0.05, 0.1) is 18.2 Å². The molecule has 0 aromatic carbocycles. The number of amides is 1. The van der Waals surface area contributed by atoms with E-state index < -0.39 is 5.41 Å². The van der Waals surface area contributed by atoms with Crippen molar-refractivity contribution in [3.05, 3.63) is 24.2 Å². The van der Waals surface area contributed by atoms with Gasteiger partial charge >= 0.3 is 0 Å². The Balaban J connectivity index is 1.77. The van der Waals surface area contributed by atoms with Gasteiger partial charge < -0.3 is 19.8 Å². The van der Waals surface area contributed by atoms with Gasteiger partial charge in [-0.1, -0.05) is 0 Å². The first-order chi connectivity index (χ1) is 9.75. The lowest BCUT2D eigenvalue weighted by molar-refractivity contribution is -0.148. The molecule has 1 aliphatic carbocycles. The van der Waals surface area contributed by atoms with E-state index in [2.05, 4.69) is 0 Å². The highest BCUT2D eigenvalue weighted by atomic mass is 16.5. The summed E-state index contributed by atoms with van der Waals surface area (Å²) < 4.78 is 10.8. The van der Waals surface area contributed by atoms with Gasteiger partial charge in [-0.2, -0.15) is 0 Å². The van der Waals surface area contributed by atoms with Crippen molar-refractivity contribution >= 4 is 5.91 Å². The molecule has 2 aliphatic rings. The van der Waals surface area contributed by atoms with Gasteiger partial charge in [0.2, 0.25) is 5.91 Å². The molecule has 1 amide bonds. The van der Waals surface area contributed by atoms with Crippen molar-refractivity contribution < 1.29 is 13.9 Å². The van der Waals surface area contributed by atoms with Gasteiger partial charge in [-0.05, 0) is 37.8 Å². The van der Waals surface area contributed by atoms with E-state index in [-0.39, 0.29) is 5.91 Å². The molecule has 0 radical (unpaired) electrons. The number of carbonyl (C=O) groups is 1. The number of nitrogens with zero attached hydrogens (tertiary/aromatic N) is 1. The van der Waals surface area contributed by atoms with E-state index in [1.165, 1.54) is 0 Å². The third-order valence-corrected chi connectivity index (χ3v) is 4.45. The van der Waals surface area contributed by atoms with Gasteiger partial charge in [0.1, 0.15) is 5.76 Å². The van der Waals surface area contributed by atoms with Crippen LogP contribution in [0.2, 0.25) is 0 Å². The fourth-order valence-electron chi connectivity index (χ4n) is 2.90. The quantitative estimate of drug-likeness (QED) is 0.886. The second-order valence-corrected chi connectivity index (χ2v) is 5.84. The number of hydrogen-bond acceptors (Lipinski definition) is 4. The summed E-state index contributed by atoms with van der Waals surface area (Å²) in [6.07, 6.45) is 5.28. The Morgan fingerprint density at radius 2 is 2.15 bits per heavy atom. The summed E-state index contributed by atoms with van der Waals surface area (Å²) in [6, 6.07) is 4.14. The lowest BCUT2D eigenvalue weighted by Crippen LogP contribution is -2.51. The standard InChI is InChI=1S/C15H22N2O3/c16-11-15(5-8-19-9-6-15)14(18)17(12-3-4-12)10-13-2-1-7-20-13/h1-2,7,12H,3-6,8-11,16H2. The van der Waals surface area contributed by atoms with Crippen molar-refractivity contribution in [2.45, 2.75) is 38.3 Å². The summed E-state index contributed by atoms with van der Waals surface area (Å²) in [5, 5.41) is 0. The molecule has 0 bridgehead atoms. The van der Waals surface area contributed by atoms with Crippen molar-refractivity contribution in [3.63, 3.8) is 0 Å². The average molecular weight is 278 g/mol. The zero-order chi connectivity index (χ0) is 14.0. The average Bonchev–Trinajstić information content (AvgIpc) is 3.21. The van der Waals surface area contributed by atoms with Gasteiger partial charge in [-0.25, -0.2) is 0 Å². The van der Waals surface area contributed by atoms with Gasteiger partial charge in [-0.3, -0.25) is 4.79 Å². The Bertz CT molecular complexity index is 448. The maximum atomic E-state index is 13.0. The summed E-state index contributed by atoms with van der Waals surface area (Å²) in [5.41, 5.74) is 5.51. The van der Waals surface area contributed by atoms with E-state index in [4.69, 9.17) is 14.9 Å². The van der Waals surface area contributed by atoms with E-state index in [9.17, 15) is 4.79 Å². The number of furan rings is 1. The number of rotatable bonds is 5. The number of nitrogens with two attached hydrogens (primary N) is 1. The van der Waals surface area contributed by atoms with Crippen LogP contribution < -0.4 is 5.73 Å². The first kappa shape index (κ1) is 13.6. The first-order valence-electron chi connectivity index (χ1n) is 7.36. The minimum atomic E-state index is -0.437. The fourth-order valence-corrected chi connectivity index (χ4v) is 2.90. The van der Waals surface area contributed by atoms with Gasteiger partial charge in [-0.15, -0.1) is 0 Å². The van der Waals surface area contributed by atoms with Crippen LogP contribution in [0, 0.1) is 5.41 Å². The van der Waals surface area contributed by atoms with Crippen molar-refractivity contribution in [3.8, 4) is 0 Å². The van der Waals surface area contributed by atoms with Crippen LogP contribution in [0.5, 0.6) is 0 Å². The van der Waals surface area contributed by atoms with Crippen molar-refractivity contribution in [1.82, 2.24) is 4.90 Å². The normalized spacial score (nSPS) is 21.6. The van der Waals surface area contributed by atoms with E-state index in [0.29, 0.717) is 32.3 Å². The third kappa shape index (κ3) is 2.60. The topological polar surface area (TPSA) is 68.7 Å². The third-order valence-electron chi connectivity index (χ3n) is 4.45. The van der Waals surface area contributed by atoms with E-state index in [0.717, 1.165) is 31.4 Å². The Labute approximate surface area is 119 Å². The van der Waals surface area contributed by atoms with Crippen LogP contribution in [0.4, 0.5) is 0 Å². The molecule has 5 heteroatoms. The predicted octanol–water partition coefficient (Wildman–Crippen LogP) is 1.53. The van der Waals surface area contributed by atoms with Crippen molar-refractivity contribution in [2.24, 2.45) is 11.1 Å². The zero-order valence-electron chi connectivity index (χ0n) is 11.7. The lowest BCUT2D eigenvalue weighted by Gasteiger charge is -2.38. The van der Waals surface area contributed by atoms with Crippen LogP contribution in [0.15, 0.2) is 22.8 Å². The van der Waals surface area contributed by atoms with Crippen molar-refractivity contribution in [2.75, 3.05) is 19.8 Å². The highest BCUT2D eigenvalue weighted by molar-refractivity contribution is 5.83. The van der Waals surface area contributed by atoms with Gasteiger partial charge in [0.15, 0.2) is 0 Å². The summed E-state index contributed by atoms with van der Waals surface area (Å²) in [5.74, 6) is 1.02. The maximum Gasteiger partial charge on any atom is 0.230 e. The lowest BCUT2D eigenvalue weighted by atomic mass is 9.78.